The molecule has 0 aliphatic carbocycles. The third-order valence-electron chi connectivity index (χ3n) is 8.93. The number of carboxylic acid groups (broad SMARTS) is 4. The zero-order valence-corrected chi connectivity index (χ0v) is 27.8. The van der Waals surface area contributed by atoms with Crippen LogP contribution in [0, 0.1) is 0 Å². The summed E-state index contributed by atoms with van der Waals surface area (Å²) in [6.07, 6.45) is -10.5. The molecule has 2 fully saturated rings. The highest BCUT2D eigenvalue weighted by Gasteiger charge is 2.54. The first-order valence-corrected chi connectivity index (χ1v) is 16.1. The van der Waals surface area contributed by atoms with Crippen LogP contribution < -0.4 is 9.64 Å². The average molecular weight is 769 g/mol. The van der Waals surface area contributed by atoms with Crippen LogP contribution in [-0.4, -0.2) is 167 Å². The Bertz CT molecular complexity index is 1760. The number of aromatic hydroxyl groups is 1. The summed E-state index contributed by atoms with van der Waals surface area (Å²) in [6.45, 7) is -2.36. The van der Waals surface area contributed by atoms with Gasteiger partial charge in [-0.1, -0.05) is 0 Å². The van der Waals surface area contributed by atoms with Gasteiger partial charge in [0.05, 0.1) is 13.2 Å². The first-order chi connectivity index (χ1) is 25.4. The van der Waals surface area contributed by atoms with Crippen LogP contribution >= 0.6 is 0 Å². The number of anilines is 1. The Morgan fingerprint density at radius 3 is 2.33 bits per heavy atom. The molecule has 4 aliphatic heterocycles. The second-order valence-electron chi connectivity index (χ2n) is 12.7. The molecular weight excluding hydrogens is 732 g/mol. The summed E-state index contributed by atoms with van der Waals surface area (Å²) in [7, 11) is 0. The second kappa shape index (κ2) is 16.0. The molecule has 0 bridgehead atoms. The van der Waals surface area contributed by atoms with Crippen molar-refractivity contribution in [3.63, 3.8) is 0 Å². The second-order valence-corrected chi connectivity index (χ2v) is 12.7. The number of aliphatic hydroxyl groups excluding tert-OH is 4. The van der Waals surface area contributed by atoms with E-state index in [1.165, 1.54) is 23.2 Å². The van der Waals surface area contributed by atoms with Crippen LogP contribution in [0.4, 0.5) is 5.69 Å². The zero-order chi connectivity index (χ0) is 39.6. The van der Waals surface area contributed by atoms with E-state index in [-0.39, 0.29) is 29.7 Å². The van der Waals surface area contributed by atoms with Gasteiger partial charge in [0.15, 0.2) is 29.9 Å². The van der Waals surface area contributed by atoms with Gasteiger partial charge in [-0.05, 0) is 29.4 Å². The Labute approximate surface area is 302 Å². The predicted octanol–water partition coefficient (Wildman–Crippen LogP) is -3.30. The Morgan fingerprint density at radius 2 is 1.72 bits per heavy atom. The lowest BCUT2D eigenvalue weighted by Crippen LogP contribution is -2.62. The number of carbonyl (C=O) groups is 5. The van der Waals surface area contributed by atoms with E-state index in [4.69, 9.17) is 28.8 Å². The Balaban J connectivity index is 1.43. The van der Waals surface area contributed by atoms with E-state index < -0.39 is 134 Å². The first-order valence-electron chi connectivity index (χ1n) is 16.1. The SMILES string of the molecule is O=C(O)CC(=O)OC[C@H]1O[C@@H](Oc2cc3c(cc2O)N(C=CC2=CC(C(=O)O)=N[C@H](C(=O)O)C2)[C@@H](C(=O)O)C3)[C@H](O[C@@H]2OC[C@](O)(CO)[C@H]2O)[C@@H](O)[C@@H]1O. The molecule has 2 saturated heterocycles. The quantitative estimate of drug-likeness (QED) is 0.0654. The predicted molar refractivity (Wildman–Crippen MR) is 171 cm³/mol. The van der Waals surface area contributed by atoms with Crippen LogP contribution in [0.1, 0.15) is 18.4 Å². The number of fused-ring (bicyclic) bond motifs is 1. The van der Waals surface area contributed by atoms with E-state index in [0.717, 1.165) is 12.1 Å². The highest BCUT2D eigenvalue weighted by Crippen LogP contribution is 2.42. The van der Waals surface area contributed by atoms with Crippen LogP contribution in [0.2, 0.25) is 0 Å². The molecule has 22 nitrogen and oxygen atoms in total. The van der Waals surface area contributed by atoms with Crippen molar-refractivity contribution >= 4 is 41.2 Å². The van der Waals surface area contributed by atoms with Crippen molar-refractivity contribution in [2.75, 3.05) is 24.7 Å². The van der Waals surface area contributed by atoms with Crippen LogP contribution in [0.25, 0.3) is 0 Å². The van der Waals surface area contributed by atoms with Crippen molar-refractivity contribution in [3.05, 3.63) is 41.6 Å². The average Bonchev–Trinajstić information content (AvgIpc) is 3.61. The standard InChI is InChI=1S/C32H36N2O20/c35-10-32(49)11-51-31(26(32)42)54-25-24(41)23(40)20(9-50-22(39)8-21(37)38)53-30(25)52-19-6-13-5-17(29(47)48)34(16(13)7-18(19)36)2-1-12-3-14(27(43)44)33-15(4-12)28(45)46/h1-3,6-7,15,17,20,23-26,30-31,35-36,40-42,49H,4-5,8-11H2,(H,37,38)(H,43,44)(H,45,46)(H,47,48)/t15-,17+,20+,23+,24-,25+,26-,30+,31-,32+/m0/s1. The summed E-state index contributed by atoms with van der Waals surface area (Å²) in [5.74, 6) is -7.92. The van der Waals surface area contributed by atoms with Gasteiger partial charge in [-0.2, -0.15) is 0 Å². The maximum absolute atomic E-state index is 12.3. The largest absolute Gasteiger partial charge is 0.504 e. The monoisotopic (exact) mass is 768 g/mol. The van der Waals surface area contributed by atoms with Crippen LogP contribution in [0.3, 0.4) is 0 Å². The number of phenols is 1. The van der Waals surface area contributed by atoms with Gasteiger partial charge in [0.25, 0.3) is 0 Å². The number of esters is 1. The van der Waals surface area contributed by atoms with E-state index >= 15 is 0 Å². The number of allylic oxidation sites excluding steroid dienone is 1. The van der Waals surface area contributed by atoms with Crippen molar-refractivity contribution in [2.24, 2.45) is 4.99 Å². The lowest BCUT2D eigenvalue weighted by Gasteiger charge is -2.43. The number of dihydropyridines is 1. The maximum Gasteiger partial charge on any atom is 0.354 e. The van der Waals surface area contributed by atoms with Gasteiger partial charge in [-0.25, -0.2) is 14.4 Å². The number of hydrogen-bond acceptors (Lipinski definition) is 18. The van der Waals surface area contributed by atoms with E-state index in [0.29, 0.717) is 0 Å². The third-order valence-corrected chi connectivity index (χ3v) is 8.93. The topological polar surface area (TPSA) is 349 Å². The molecule has 1 aromatic rings. The minimum absolute atomic E-state index is 0.142. The number of benzene rings is 1. The van der Waals surface area contributed by atoms with Gasteiger partial charge >= 0.3 is 29.8 Å². The van der Waals surface area contributed by atoms with Gasteiger partial charge in [0.2, 0.25) is 6.29 Å². The molecule has 4 heterocycles. The number of aliphatic carboxylic acids is 4. The van der Waals surface area contributed by atoms with Crippen LogP contribution in [0.5, 0.6) is 11.5 Å². The van der Waals surface area contributed by atoms with Crippen molar-refractivity contribution < 1.29 is 98.7 Å². The number of carbonyl (C=O) groups excluding carboxylic acids is 1. The molecule has 0 unspecified atom stereocenters. The highest BCUT2D eigenvalue weighted by atomic mass is 16.8. The molecule has 0 radical (unpaired) electrons. The molecule has 22 heteroatoms. The fourth-order valence-corrected chi connectivity index (χ4v) is 6.04. The Kier molecular flexibility index (Phi) is 11.9. The van der Waals surface area contributed by atoms with Gasteiger partial charge in [0.1, 0.15) is 54.8 Å². The third kappa shape index (κ3) is 8.45. The number of aliphatic imine (C=N–C) groups is 1. The van der Waals surface area contributed by atoms with Crippen molar-refractivity contribution in [2.45, 2.75) is 80.0 Å². The molecule has 10 N–H and O–H groups in total. The van der Waals surface area contributed by atoms with Gasteiger partial charge in [-0.15, -0.1) is 0 Å². The summed E-state index contributed by atoms with van der Waals surface area (Å²) in [6, 6.07) is -0.360. The smallest absolute Gasteiger partial charge is 0.354 e. The number of carboxylic acids is 4. The minimum Gasteiger partial charge on any atom is -0.504 e. The lowest BCUT2D eigenvalue weighted by molar-refractivity contribution is -0.319. The zero-order valence-electron chi connectivity index (χ0n) is 27.8. The molecule has 0 spiro atoms. The van der Waals surface area contributed by atoms with E-state index in [2.05, 4.69) is 4.99 Å². The fourth-order valence-electron chi connectivity index (χ4n) is 6.04. The molecule has 5 rings (SSSR count). The minimum atomic E-state index is -2.17. The summed E-state index contributed by atoms with van der Waals surface area (Å²) in [5, 5.41) is 101. The lowest BCUT2D eigenvalue weighted by atomic mass is 9.98. The highest BCUT2D eigenvalue weighted by molar-refractivity contribution is 6.41. The normalized spacial score (nSPS) is 32.1. The number of nitrogens with zero attached hydrogens (tertiary/aromatic N) is 2. The van der Waals surface area contributed by atoms with Gasteiger partial charge in [0, 0.05) is 30.8 Å². The molecule has 0 aromatic heterocycles. The number of ether oxygens (including phenoxy) is 5. The molecular formula is C32H36N2O20. The van der Waals surface area contributed by atoms with E-state index in [9.17, 15) is 69.9 Å². The molecule has 294 valence electrons. The number of rotatable bonds is 14. The molecule has 54 heavy (non-hydrogen) atoms. The molecule has 0 saturated carbocycles. The van der Waals surface area contributed by atoms with E-state index in [1.807, 2.05) is 0 Å². The summed E-state index contributed by atoms with van der Waals surface area (Å²) in [4.78, 5) is 63.0. The van der Waals surface area contributed by atoms with Crippen molar-refractivity contribution in [1.82, 2.24) is 0 Å². The molecule has 0 amide bonds. The van der Waals surface area contributed by atoms with E-state index in [1.54, 1.807) is 0 Å². The Morgan fingerprint density at radius 1 is 1.00 bits per heavy atom. The van der Waals surface area contributed by atoms with Gasteiger partial charge in [-0.3, -0.25) is 14.6 Å². The molecule has 10 atom stereocenters. The van der Waals surface area contributed by atoms with Crippen molar-refractivity contribution in [3.8, 4) is 11.5 Å². The first kappa shape index (κ1) is 40.0. The molecule has 4 aliphatic rings. The number of phenolic OH excluding ortho intramolecular Hbond substituents is 1. The number of aliphatic hydroxyl groups is 5. The maximum atomic E-state index is 12.3. The van der Waals surface area contributed by atoms with Crippen LogP contribution in [-0.2, 0) is 49.3 Å². The fraction of sp³-hybridized carbons (Fsp3) is 0.500. The van der Waals surface area contributed by atoms with Gasteiger partial charge < -0.3 is 79.6 Å². The van der Waals surface area contributed by atoms with Crippen LogP contribution in [0.15, 0.2) is 41.1 Å². The summed E-state index contributed by atoms with van der Waals surface area (Å²) in [5.41, 5.74) is -2.08. The molecule has 1 aromatic carbocycles. The summed E-state index contributed by atoms with van der Waals surface area (Å²) >= 11 is 0. The number of hydrogen-bond donors (Lipinski definition) is 10. The Hall–Kier alpha value is -5.20. The van der Waals surface area contributed by atoms with Crippen molar-refractivity contribution in [1.29, 1.82) is 0 Å². The summed E-state index contributed by atoms with van der Waals surface area (Å²) < 4.78 is 27.3.